The van der Waals surface area contributed by atoms with Crippen molar-refractivity contribution in [2.24, 2.45) is 11.7 Å². The van der Waals surface area contributed by atoms with Gasteiger partial charge in [-0.3, -0.25) is 14.9 Å². The summed E-state index contributed by atoms with van der Waals surface area (Å²) in [5.74, 6) is 1.00. The summed E-state index contributed by atoms with van der Waals surface area (Å²) in [5, 5.41) is 3.24. The molecule has 96 valence electrons. The molecule has 6 heteroatoms. The van der Waals surface area contributed by atoms with Crippen LogP contribution in [0.3, 0.4) is 0 Å². The van der Waals surface area contributed by atoms with Gasteiger partial charge in [0.2, 0.25) is 11.8 Å². The van der Waals surface area contributed by atoms with Gasteiger partial charge in [-0.05, 0) is 5.92 Å². The van der Waals surface area contributed by atoms with Gasteiger partial charge < -0.3 is 10.6 Å². The molecule has 2 saturated heterocycles. The van der Waals surface area contributed by atoms with Crippen molar-refractivity contribution in [2.45, 2.75) is 31.2 Å². The lowest BCUT2D eigenvalue weighted by atomic mass is 10.0. The lowest BCUT2D eigenvalue weighted by Gasteiger charge is -2.47. The van der Waals surface area contributed by atoms with E-state index in [1.807, 2.05) is 18.7 Å². The molecule has 1 spiro atoms. The van der Waals surface area contributed by atoms with Crippen molar-refractivity contribution < 1.29 is 9.59 Å². The Kier molecular flexibility index (Phi) is 3.36. The van der Waals surface area contributed by atoms with Gasteiger partial charge in [0.05, 0.1) is 19.1 Å². The summed E-state index contributed by atoms with van der Waals surface area (Å²) in [5.41, 5.74) is 5.26. The quantitative estimate of drug-likeness (QED) is 0.732. The van der Waals surface area contributed by atoms with Gasteiger partial charge in [-0.15, -0.1) is 11.8 Å². The predicted molar refractivity (Wildman–Crippen MR) is 67.3 cm³/mol. The molecule has 0 bridgehead atoms. The Labute approximate surface area is 105 Å². The topological polar surface area (TPSA) is 75.4 Å². The molecule has 0 aromatic rings. The number of likely N-dealkylation sites (tertiary alicyclic amines) is 1. The molecule has 2 aliphatic heterocycles. The lowest BCUT2D eigenvalue weighted by molar-refractivity contribution is -0.137. The molecule has 2 fully saturated rings. The Morgan fingerprint density at radius 1 is 1.53 bits per heavy atom. The van der Waals surface area contributed by atoms with E-state index in [1.165, 1.54) is 0 Å². The van der Waals surface area contributed by atoms with Gasteiger partial charge in [0.1, 0.15) is 4.87 Å². The third-order valence-corrected chi connectivity index (χ3v) is 4.56. The Hall–Kier alpha value is -0.750. The number of nitrogens with one attached hydrogen (secondary N) is 1. The summed E-state index contributed by atoms with van der Waals surface area (Å²) in [4.78, 5) is 24.6. The first kappa shape index (κ1) is 12.7. The maximum absolute atomic E-state index is 11.8. The predicted octanol–water partition coefficient (Wildman–Crippen LogP) is -0.239. The standard InChI is InChI=1S/C11H19N3O2S/c1-7(2)3-9(15)14-5-11(6-14)13-8(4-17-11)10(12)16/h7-8,13H,3-6H2,1-2H3,(H2,12,16)/t8-/m0/s1. The minimum Gasteiger partial charge on any atom is -0.368 e. The zero-order valence-electron chi connectivity index (χ0n) is 10.2. The first-order chi connectivity index (χ1) is 7.92. The number of primary amides is 1. The molecule has 0 aliphatic carbocycles. The van der Waals surface area contributed by atoms with Crippen LogP contribution in [0.2, 0.25) is 0 Å². The fourth-order valence-corrected chi connectivity index (χ4v) is 3.66. The molecule has 0 unspecified atom stereocenters. The molecule has 0 saturated carbocycles. The highest BCUT2D eigenvalue weighted by atomic mass is 32.2. The van der Waals surface area contributed by atoms with E-state index in [2.05, 4.69) is 5.32 Å². The minimum absolute atomic E-state index is 0.119. The fraction of sp³-hybridized carbons (Fsp3) is 0.818. The van der Waals surface area contributed by atoms with Crippen LogP contribution in [0.5, 0.6) is 0 Å². The highest BCUT2D eigenvalue weighted by Crippen LogP contribution is 2.38. The molecule has 1 atom stereocenters. The fourth-order valence-electron chi connectivity index (χ4n) is 2.20. The van der Waals surface area contributed by atoms with E-state index >= 15 is 0 Å². The SMILES string of the molecule is CC(C)CC(=O)N1CC2(C1)N[C@H](C(N)=O)CS2. The van der Waals surface area contributed by atoms with Crippen LogP contribution in [0.4, 0.5) is 0 Å². The second-order valence-corrected chi connectivity index (χ2v) is 6.66. The summed E-state index contributed by atoms with van der Waals surface area (Å²) in [6.45, 7) is 5.46. The van der Waals surface area contributed by atoms with E-state index in [4.69, 9.17) is 5.73 Å². The first-order valence-corrected chi connectivity index (χ1v) is 6.89. The monoisotopic (exact) mass is 257 g/mol. The number of amides is 2. The lowest BCUT2D eigenvalue weighted by Crippen LogP contribution is -2.68. The molecule has 2 amide bonds. The highest BCUT2D eigenvalue weighted by Gasteiger charge is 2.51. The van der Waals surface area contributed by atoms with Gasteiger partial charge in [-0.25, -0.2) is 0 Å². The second-order valence-electron chi connectivity index (χ2n) is 5.25. The first-order valence-electron chi connectivity index (χ1n) is 5.90. The van der Waals surface area contributed by atoms with E-state index in [0.717, 1.165) is 0 Å². The maximum Gasteiger partial charge on any atom is 0.235 e. The summed E-state index contributed by atoms with van der Waals surface area (Å²) >= 11 is 1.70. The molecular weight excluding hydrogens is 238 g/mol. The Morgan fingerprint density at radius 2 is 2.18 bits per heavy atom. The molecule has 2 aliphatic rings. The number of carbonyl (C=O) groups is 2. The number of hydrogen-bond acceptors (Lipinski definition) is 4. The summed E-state index contributed by atoms with van der Waals surface area (Å²) in [6.07, 6.45) is 0.597. The van der Waals surface area contributed by atoms with Crippen molar-refractivity contribution in [2.75, 3.05) is 18.8 Å². The number of nitrogens with zero attached hydrogens (tertiary/aromatic N) is 1. The number of hydrogen-bond donors (Lipinski definition) is 2. The number of thioether (sulfide) groups is 1. The van der Waals surface area contributed by atoms with Crippen LogP contribution in [0.25, 0.3) is 0 Å². The maximum atomic E-state index is 11.8. The van der Waals surface area contributed by atoms with Crippen molar-refractivity contribution in [3.63, 3.8) is 0 Å². The van der Waals surface area contributed by atoms with Crippen molar-refractivity contribution in [1.29, 1.82) is 0 Å². The van der Waals surface area contributed by atoms with E-state index < -0.39 is 0 Å². The molecule has 0 aromatic carbocycles. The van der Waals surface area contributed by atoms with Crippen LogP contribution in [0.15, 0.2) is 0 Å². The van der Waals surface area contributed by atoms with Crippen molar-refractivity contribution in [3.05, 3.63) is 0 Å². The van der Waals surface area contributed by atoms with Gasteiger partial charge in [0.25, 0.3) is 0 Å². The van der Waals surface area contributed by atoms with Crippen molar-refractivity contribution >= 4 is 23.6 Å². The minimum atomic E-state index is -0.304. The Bertz CT molecular complexity index is 340. The molecule has 2 rings (SSSR count). The average molecular weight is 257 g/mol. The van der Waals surface area contributed by atoms with Crippen molar-refractivity contribution in [3.8, 4) is 0 Å². The zero-order chi connectivity index (χ0) is 12.6. The number of carbonyl (C=O) groups excluding carboxylic acids is 2. The third-order valence-electron chi connectivity index (χ3n) is 3.14. The highest BCUT2D eigenvalue weighted by molar-refractivity contribution is 8.01. The molecule has 0 radical (unpaired) electrons. The molecule has 2 heterocycles. The van der Waals surface area contributed by atoms with Crippen LogP contribution in [0.1, 0.15) is 20.3 Å². The largest absolute Gasteiger partial charge is 0.368 e. The van der Waals surface area contributed by atoms with Gasteiger partial charge in [-0.2, -0.15) is 0 Å². The van der Waals surface area contributed by atoms with Crippen LogP contribution in [0, 0.1) is 5.92 Å². The Balaban J connectivity index is 1.83. The molecule has 17 heavy (non-hydrogen) atoms. The van der Waals surface area contributed by atoms with Crippen LogP contribution >= 0.6 is 11.8 Å². The normalized spacial score (nSPS) is 26.3. The molecule has 0 aromatic heterocycles. The average Bonchev–Trinajstić information content (AvgIpc) is 2.58. The molecule has 3 N–H and O–H groups in total. The van der Waals surface area contributed by atoms with E-state index in [9.17, 15) is 9.59 Å². The number of rotatable bonds is 3. The number of nitrogens with two attached hydrogens (primary N) is 1. The summed E-state index contributed by atoms with van der Waals surface area (Å²) in [7, 11) is 0. The molecular formula is C11H19N3O2S. The van der Waals surface area contributed by atoms with Gasteiger partial charge in [-0.1, -0.05) is 13.8 Å². The van der Waals surface area contributed by atoms with Crippen molar-refractivity contribution in [1.82, 2.24) is 10.2 Å². The van der Waals surface area contributed by atoms with Crippen LogP contribution in [-0.4, -0.2) is 46.5 Å². The van der Waals surface area contributed by atoms with Crippen LogP contribution < -0.4 is 11.1 Å². The zero-order valence-corrected chi connectivity index (χ0v) is 11.0. The van der Waals surface area contributed by atoms with Gasteiger partial charge in [0.15, 0.2) is 0 Å². The Morgan fingerprint density at radius 3 is 2.65 bits per heavy atom. The second kappa shape index (κ2) is 4.49. The van der Waals surface area contributed by atoms with Gasteiger partial charge >= 0.3 is 0 Å². The summed E-state index contributed by atoms with van der Waals surface area (Å²) in [6, 6.07) is -0.248. The van der Waals surface area contributed by atoms with Gasteiger partial charge in [0, 0.05) is 12.2 Å². The van der Waals surface area contributed by atoms with E-state index in [0.29, 0.717) is 31.2 Å². The van der Waals surface area contributed by atoms with E-state index in [1.54, 1.807) is 11.8 Å². The molecule has 5 nitrogen and oxygen atoms in total. The summed E-state index contributed by atoms with van der Waals surface area (Å²) < 4.78 is 0. The van der Waals surface area contributed by atoms with E-state index in [-0.39, 0.29) is 22.7 Å². The third kappa shape index (κ3) is 2.57. The smallest absolute Gasteiger partial charge is 0.235 e. The van der Waals surface area contributed by atoms with Crippen LogP contribution in [-0.2, 0) is 9.59 Å².